The van der Waals surface area contributed by atoms with Gasteiger partial charge in [-0.25, -0.2) is 9.37 Å². The van der Waals surface area contributed by atoms with Crippen LogP contribution in [-0.2, 0) is 4.79 Å². The van der Waals surface area contributed by atoms with Gasteiger partial charge >= 0.3 is 0 Å². The molecule has 3 aromatic rings. The first-order valence-corrected chi connectivity index (χ1v) is 12.1. The molecule has 2 aromatic carbocycles. The van der Waals surface area contributed by atoms with Gasteiger partial charge in [-0.05, 0) is 75.2 Å². The summed E-state index contributed by atoms with van der Waals surface area (Å²) in [5.41, 5.74) is 2.90. The van der Waals surface area contributed by atoms with Crippen LogP contribution in [0.3, 0.4) is 0 Å². The average Bonchev–Trinajstić information content (AvgIpc) is 3.49. The molecule has 0 saturated carbocycles. The fraction of sp³-hybridized carbons (Fsp3) is 0.440. The van der Waals surface area contributed by atoms with E-state index in [9.17, 15) is 9.18 Å². The molecule has 0 radical (unpaired) electrons. The zero-order chi connectivity index (χ0) is 22.8. The number of aromatic nitrogens is 2. The molecule has 2 N–H and O–H groups in total. The highest BCUT2D eigenvalue weighted by Gasteiger charge is 2.26. The van der Waals surface area contributed by atoms with E-state index in [0.29, 0.717) is 16.4 Å². The first-order valence-electron chi connectivity index (χ1n) is 11.8. The number of benzene rings is 2. The number of H-pyrrole nitrogens is 1. The van der Waals surface area contributed by atoms with E-state index >= 15 is 0 Å². The third-order valence-electron chi connectivity index (χ3n) is 6.81. The molecule has 2 saturated heterocycles. The molecule has 8 heteroatoms. The molecule has 0 aliphatic carbocycles. The molecule has 1 aromatic heterocycles. The monoisotopic (exact) mass is 469 g/mol. The Morgan fingerprint density at radius 1 is 1.12 bits per heavy atom. The standard InChI is InChI=1S/C25H29ClFN5O/c26-18-3-6-22-23(15-18)30-24(29-22)20-16-19(4-5-21(20)27)32-12-7-17(8-13-32)25(33)28-9-14-31-10-1-2-11-31/h3-6,15-17H,1-2,7-14H2,(H,28,33)(H,29,30). The first-order chi connectivity index (χ1) is 16.1. The second-order valence-electron chi connectivity index (χ2n) is 9.01. The van der Waals surface area contributed by atoms with E-state index in [0.717, 1.165) is 68.8 Å². The van der Waals surface area contributed by atoms with Crippen molar-refractivity contribution >= 4 is 34.2 Å². The highest BCUT2D eigenvalue weighted by atomic mass is 35.5. The van der Waals surface area contributed by atoms with Crippen LogP contribution in [0.15, 0.2) is 36.4 Å². The number of halogens is 2. The van der Waals surface area contributed by atoms with Crippen molar-refractivity contribution in [3.63, 3.8) is 0 Å². The molecule has 2 aliphatic heterocycles. The maximum Gasteiger partial charge on any atom is 0.223 e. The van der Waals surface area contributed by atoms with Gasteiger partial charge in [-0.3, -0.25) is 4.79 Å². The fourth-order valence-electron chi connectivity index (χ4n) is 4.89. The second kappa shape index (κ2) is 9.69. The first kappa shape index (κ1) is 22.2. The summed E-state index contributed by atoms with van der Waals surface area (Å²) in [7, 11) is 0. The zero-order valence-electron chi connectivity index (χ0n) is 18.6. The third-order valence-corrected chi connectivity index (χ3v) is 7.04. The van der Waals surface area contributed by atoms with Crippen molar-refractivity contribution in [1.82, 2.24) is 20.2 Å². The van der Waals surface area contributed by atoms with Crippen molar-refractivity contribution in [2.45, 2.75) is 25.7 Å². The minimum absolute atomic E-state index is 0.0415. The van der Waals surface area contributed by atoms with Gasteiger partial charge in [0.25, 0.3) is 0 Å². The van der Waals surface area contributed by atoms with E-state index in [1.165, 1.54) is 18.9 Å². The summed E-state index contributed by atoms with van der Waals surface area (Å²) in [6, 6.07) is 10.5. The number of rotatable bonds is 6. The van der Waals surface area contributed by atoms with E-state index in [1.807, 2.05) is 12.1 Å². The van der Waals surface area contributed by atoms with Crippen molar-refractivity contribution in [3.8, 4) is 11.4 Å². The second-order valence-corrected chi connectivity index (χ2v) is 9.45. The van der Waals surface area contributed by atoms with Crippen molar-refractivity contribution in [2.24, 2.45) is 5.92 Å². The van der Waals surface area contributed by atoms with E-state index in [1.54, 1.807) is 18.2 Å². The Kier molecular flexibility index (Phi) is 6.51. The lowest BCUT2D eigenvalue weighted by molar-refractivity contribution is -0.125. The van der Waals surface area contributed by atoms with Gasteiger partial charge < -0.3 is 20.1 Å². The van der Waals surface area contributed by atoms with Crippen LogP contribution in [0, 0.1) is 11.7 Å². The van der Waals surface area contributed by atoms with Gasteiger partial charge in [0.15, 0.2) is 0 Å². The van der Waals surface area contributed by atoms with Gasteiger partial charge in [0.2, 0.25) is 5.91 Å². The predicted molar refractivity (Wildman–Crippen MR) is 130 cm³/mol. The van der Waals surface area contributed by atoms with Crippen molar-refractivity contribution in [2.75, 3.05) is 44.2 Å². The lowest BCUT2D eigenvalue weighted by Crippen LogP contribution is -2.42. The summed E-state index contributed by atoms with van der Waals surface area (Å²) in [5, 5.41) is 3.72. The van der Waals surface area contributed by atoms with Crippen LogP contribution < -0.4 is 10.2 Å². The maximum absolute atomic E-state index is 14.7. The van der Waals surface area contributed by atoms with Crippen LogP contribution in [-0.4, -0.2) is 60.0 Å². The lowest BCUT2D eigenvalue weighted by Gasteiger charge is -2.33. The zero-order valence-corrected chi connectivity index (χ0v) is 19.4. The van der Waals surface area contributed by atoms with Crippen LogP contribution in [0.1, 0.15) is 25.7 Å². The van der Waals surface area contributed by atoms with Crippen LogP contribution in [0.4, 0.5) is 10.1 Å². The number of carbonyl (C=O) groups excluding carboxylic acids is 1. The number of aromatic amines is 1. The van der Waals surface area contributed by atoms with Crippen molar-refractivity contribution in [3.05, 3.63) is 47.2 Å². The summed E-state index contributed by atoms with van der Waals surface area (Å²) < 4.78 is 14.7. The molecule has 2 aliphatic rings. The van der Waals surface area contributed by atoms with Crippen LogP contribution >= 0.6 is 11.6 Å². The Morgan fingerprint density at radius 3 is 2.70 bits per heavy atom. The molecule has 0 spiro atoms. The predicted octanol–water partition coefficient (Wildman–Crippen LogP) is 4.45. The molecule has 0 bridgehead atoms. The van der Waals surface area contributed by atoms with Crippen molar-refractivity contribution < 1.29 is 9.18 Å². The normalized spacial score (nSPS) is 17.7. The number of fused-ring (bicyclic) bond motifs is 1. The number of hydrogen-bond acceptors (Lipinski definition) is 4. The van der Waals surface area contributed by atoms with Gasteiger partial charge in [0, 0.05) is 42.8 Å². The molecule has 1 amide bonds. The number of anilines is 1. The molecule has 5 rings (SSSR count). The van der Waals surface area contributed by atoms with Crippen LogP contribution in [0.5, 0.6) is 0 Å². The van der Waals surface area contributed by atoms with E-state index in [-0.39, 0.29) is 17.6 Å². The third kappa shape index (κ3) is 4.99. The smallest absolute Gasteiger partial charge is 0.223 e. The number of amides is 1. The van der Waals surface area contributed by atoms with Gasteiger partial charge in [-0.2, -0.15) is 0 Å². The Morgan fingerprint density at radius 2 is 1.91 bits per heavy atom. The molecule has 2 fully saturated rings. The van der Waals surface area contributed by atoms with Crippen LogP contribution in [0.2, 0.25) is 5.02 Å². The Hall–Kier alpha value is -2.64. The minimum atomic E-state index is -0.323. The van der Waals surface area contributed by atoms with Gasteiger partial charge in [0.1, 0.15) is 11.6 Å². The highest BCUT2D eigenvalue weighted by molar-refractivity contribution is 6.31. The largest absolute Gasteiger partial charge is 0.371 e. The highest BCUT2D eigenvalue weighted by Crippen LogP contribution is 2.30. The number of piperidine rings is 1. The molecular weight excluding hydrogens is 441 g/mol. The summed E-state index contributed by atoms with van der Waals surface area (Å²) in [4.78, 5) is 24.9. The molecular formula is C25H29ClFN5O. The number of imidazole rings is 1. The Balaban J connectivity index is 1.21. The van der Waals surface area contributed by atoms with Gasteiger partial charge in [-0.1, -0.05) is 11.6 Å². The fourth-order valence-corrected chi connectivity index (χ4v) is 5.06. The van der Waals surface area contributed by atoms with Crippen LogP contribution in [0.25, 0.3) is 22.4 Å². The Bertz CT molecular complexity index is 1140. The minimum Gasteiger partial charge on any atom is -0.371 e. The number of carbonyl (C=O) groups is 1. The molecule has 6 nitrogen and oxygen atoms in total. The molecule has 0 atom stereocenters. The quantitative estimate of drug-likeness (QED) is 0.559. The molecule has 0 unspecified atom stereocenters. The number of nitrogens with one attached hydrogen (secondary N) is 2. The topological polar surface area (TPSA) is 64.3 Å². The molecule has 3 heterocycles. The molecule has 174 valence electrons. The van der Waals surface area contributed by atoms with E-state index in [2.05, 4.69) is 25.1 Å². The van der Waals surface area contributed by atoms with Gasteiger partial charge in [-0.15, -0.1) is 0 Å². The summed E-state index contributed by atoms with van der Waals surface area (Å²) in [5.74, 6) is 0.365. The lowest BCUT2D eigenvalue weighted by atomic mass is 9.95. The number of likely N-dealkylation sites (tertiary alicyclic amines) is 1. The summed E-state index contributed by atoms with van der Waals surface area (Å²) >= 11 is 6.06. The number of hydrogen-bond donors (Lipinski definition) is 2. The molecule has 33 heavy (non-hydrogen) atoms. The maximum atomic E-state index is 14.7. The SMILES string of the molecule is O=C(NCCN1CCCC1)C1CCN(c2ccc(F)c(-c3nc4ccc(Cl)cc4[nH]3)c2)CC1. The average molecular weight is 470 g/mol. The summed E-state index contributed by atoms with van der Waals surface area (Å²) in [6.07, 6.45) is 4.13. The van der Waals surface area contributed by atoms with E-state index < -0.39 is 0 Å². The van der Waals surface area contributed by atoms with Crippen molar-refractivity contribution in [1.29, 1.82) is 0 Å². The number of nitrogens with zero attached hydrogens (tertiary/aromatic N) is 3. The van der Waals surface area contributed by atoms with E-state index in [4.69, 9.17) is 11.6 Å². The van der Waals surface area contributed by atoms with Gasteiger partial charge in [0.05, 0.1) is 16.6 Å². The Labute approximate surface area is 198 Å². The summed E-state index contributed by atoms with van der Waals surface area (Å²) in [6.45, 7) is 5.50.